The number of aliphatic hydroxyl groups is 3. The van der Waals surface area contributed by atoms with Crippen molar-refractivity contribution in [1.82, 2.24) is 5.32 Å². The molecule has 1 aliphatic rings. The molecular weight excluding hydrogens is 829 g/mol. The van der Waals surface area contributed by atoms with Crippen LogP contribution in [-0.4, -0.2) is 103 Å². The van der Waals surface area contributed by atoms with Crippen molar-refractivity contribution < 1.29 is 123 Å². The molecule has 0 bridgehead atoms. The Bertz CT molecular complexity index is 1270. The predicted molar refractivity (Wildman–Crippen MR) is 215 cm³/mol. The molecule has 1 saturated heterocycles. The van der Waals surface area contributed by atoms with Crippen LogP contribution in [0.5, 0.6) is 0 Å². The van der Waals surface area contributed by atoms with E-state index in [9.17, 15) is 46.1 Å². The third kappa shape index (κ3) is 33.9. The SMILES string of the molecule is CCCCCCCCCCCCC/C=C/[C@@H](O)[C@H](CO[C@H]1O[C@H](COS(=O)(=O)[O-])[C@H](OS(=O)(=O)[O-])[C@H](O)[C@H]1O)NC(=O)CCCCCCCCCCCCCCC.[Na+].[Na+]. The molecule has 0 aromatic heterocycles. The number of nitrogens with one attached hydrogen (secondary N) is 1. The molecule has 0 aliphatic carbocycles. The Kier molecular flexibility index (Phi) is 39.9. The zero-order valence-electron chi connectivity index (χ0n) is 36.6. The summed E-state index contributed by atoms with van der Waals surface area (Å²) in [4.78, 5) is 13.0. The zero-order valence-corrected chi connectivity index (χ0v) is 42.3. The number of carbonyl (C=O) groups is 1. The van der Waals surface area contributed by atoms with Gasteiger partial charge in [-0.3, -0.25) is 13.2 Å². The van der Waals surface area contributed by atoms with Crippen LogP contribution in [0.3, 0.4) is 0 Å². The number of ether oxygens (including phenoxy) is 2. The first-order valence-electron chi connectivity index (χ1n) is 21.7. The minimum Gasteiger partial charge on any atom is -0.726 e. The van der Waals surface area contributed by atoms with Crippen molar-refractivity contribution in [2.75, 3.05) is 13.2 Å². The molecule has 1 fully saturated rings. The molecule has 0 aromatic carbocycles. The largest absolute Gasteiger partial charge is 1.00 e. The van der Waals surface area contributed by atoms with Gasteiger partial charge in [-0.15, -0.1) is 0 Å². The van der Waals surface area contributed by atoms with Crippen molar-refractivity contribution in [1.29, 1.82) is 0 Å². The molecule has 0 spiro atoms. The monoisotopic (exact) mass is 903 g/mol. The van der Waals surface area contributed by atoms with E-state index in [0.29, 0.717) is 12.8 Å². The molecule has 1 amide bonds. The number of unbranched alkanes of at least 4 members (excludes halogenated alkanes) is 23. The molecule has 0 aromatic rings. The van der Waals surface area contributed by atoms with Crippen LogP contribution in [0, 0.1) is 0 Å². The molecule has 0 radical (unpaired) electrons. The minimum atomic E-state index is -5.49. The maximum atomic E-state index is 13.0. The van der Waals surface area contributed by atoms with E-state index in [1.165, 1.54) is 109 Å². The molecule has 19 heteroatoms. The summed E-state index contributed by atoms with van der Waals surface area (Å²) >= 11 is 0. The zero-order chi connectivity index (χ0) is 42.4. The third-order valence-electron chi connectivity index (χ3n) is 10.3. The van der Waals surface area contributed by atoms with E-state index < -0.39 is 76.9 Å². The van der Waals surface area contributed by atoms with Gasteiger partial charge in [-0.2, -0.15) is 0 Å². The second-order valence-corrected chi connectivity index (χ2v) is 17.5. The molecule has 1 rings (SSSR count). The minimum absolute atomic E-state index is 0. The average molecular weight is 904 g/mol. The Hall–Kier alpha value is 0.750. The summed E-state index contributed by atoms with van der Waals surface area (Å²) in [5.74, 6) is -0.337. The first kappa shape index (κ1) is 61.8. The number of carbonyl (C=O) groups excluding carboxylic acids is 1. The Labute approximate surface area is 400 Å². The predicted octanol–water partition coefficient (Wildman–Crippen LogP) is 0.364. The van der Waals surface area contributed by atoms with Crippen LogP contribution in [0.25, 0.3) is 0 Å². The molecule has 59 heavy (non-hydrogen) atoms. The van der Waals surface area contributed by atoms with E-state index >= 15 is 0 Å². The van der Waals surface area contributed by atoms with Crippen LogP contribution in [0.15, 0.2) is 12.2 Å². The second-order valence-electron chi connectivity index (χ2n) is 15.4. The molecule has 1 heterocycles. The molecule has 338 valence electrons. The van der Waals surface area contributed by atoms with E-state index in [4.69, 9.17) is 9.47 Å². The number of amides is 1. The van der Waals surface area contributed by atoms with Gasteiger partial charge in [0, 0.05) is 6.42 Å². The van der Waals surface area contributed by atoms with Crippen LogP contribution in [-0.2, 0) is 43.4 Å². The fourth-order valence-corrected chi connectivity index (χ4v) is 7.70. The van der Waals surface area contributed by atoms with Crippen LogP contribution in [0.4, 0.5) is 0 Å². The first-order chi connectivity index (χ1) is 27.2. The summed E-state index contributed by atoms with van der Waals surface area (Å²) < 4.78 is 86.4. The van der Waals surface area contributed by atoms with Gasteiger partial charge in [-0.25, -0.2) is 16.8 Å². The fourth-order valence-electron chi connectivity index (χ4n) is 6.89. The van der Waals surface area contributed by atoms with E-state index in [-0.39, 0.29) is 71.4 Å². The van der Waals surface area contributed by atoms with Crippen molar-refractivity contribution in [2.45, 2.75) is 224 Å². The summed E-state index contributed by atoms with van der Waals surface area (Å²) in [5, 5.41) is 35.1. The van der Waals surface area contributed by atoms with Crippen molar-refractivity contribution in [3.63, 3.8) is 0 Å². The molecule has 7 atom stereocenters. The molecule has 0 saturated carbocycles. The molecule has 4 N–H and O–H groups in total. The van der Waals surface area contributed by atoms with Crippen molar-refractivity contribution in [3.05, 3.63) is 12.2 Å². The summed E-state index contributed by atoms with van der Waals surface area (Å²) in [7, 11) is -10.8. The number of aliphatic hydroxyl groups excluding tert-OH is 3. The average Bonchev–Trinajstić information content (AvgIpc) is 3.15. The van der Waals surface area contributed by atoms with Crippen molar-refractivity contribution in [3.8, 4) is 0 Å². The molecule has 0 unspecified atom stereocenters. The van der Waals surface area contributed by atoms with Gasteiger partial charge in [0.1, 0.15) is 24.4 Å². The Morgan fingerprint density at radius 3 is 1.58 bits per heavy atom. The van der Waals surface area contributed by atoms with Crippen LogP contribution in [0.1, 0.15) is 181 Å². The molecule has 1 aliphatic heterocycles. The smallest absolute Gasteiger partial charge is 0.726 e. The van der Waals surface area contributed by atoms with E-state index in [2.05, 4.69) is 27.5 Å². The summed E-state index contributed by atoms with van der Waals surface area (Å²) in [6.07, 6.45) is 21.3. The third-order valence-corrected chi connectivity index (χ3v) is 11.1. The topological polar surface area (TPSA) is 241 Å². The van der Waals surface area contributed by atoms with Crippen LogP contribution >= 0.6 is 0 Å². The quantitative estimate of drug-likeness (QED) is 0.0217. The molecule has 15 nitrogen and oxygen atoms in total. The van der Waals surface area contributed by atoms with Gasteiger partial charge in [0.25, 0.3) is 0 Å². The van der Waals surface area contributed by atoms with Gasteiger partial charge < -0.3 is 39.2 Å². The maximum Gasteiger partial charge on any atom is 1.00 e. The van der Waals surface area contributed by atoms with Gasteiger partial charge in [-0.05, 0) is 19.3 Å². The van der Waals surface area contributed by atoms with E-state index in [0.717, 1.165) is 38.5 Å². The number of hydrogen-bond donors (Lipinski definition) is 4. The summed E-state index contributed by atoms with van der Waals surface area (Å²) in [6.45, 7) is 2.78. The summed E-state index contributed by atoms with van der Waals surface area (Å²) in [6, 6.07) is -1.05. The summed E-state index contributed by atoms with van der Waals surface area (Å²) in [5.41, 5.74) is 0. The number of hydrogen-bond acceptors (Lipinski definition) is 14. The van der Waals surface area contributed by atoms with Crippen LogP contribution in [0.2, 0.25) is 0 Å². The Balaban J connectivity index is 0. The van der Waals surface area contributed by atoms with Crippen LogP contribution < -0.4 is 64.4 Å². The standard InChI is InChI=1S/C40H77NO14S2.2Na/c1-3-5-7-9-11-13-15-17-19-21-23-25-27-29-34(42)33(41-36(43)30-28-26-24-22-20-18-16-14-12-10-8-6-4-2)31-52-40-38(45)37(44)39(55-57(49,50)51)35(54-40)32-53-56(46,47)48;;/h27,29,33-35,37-40,42,44-45H,3-26,28,30-32H2,1-2H3,(H,41,43)(H,46,47,48)(H,49,50,51);;/q;2*+1/p-2/b29-27+;;/t33-,34+,35+,37+,38+,39-,40-;;/m0../s1. The second kappa shape index (κ2) is 38.1. The van der Waals surface area contributed by atoms with Gasteiger partial charge in [-0.1, -0.05) is 167 Å². The van der Waals surface area contributed by atoms with Gasteiger partial charge in [0.2, 0.25) is 26.7 Å². The normalized spacial score (nSPS) is 20.8. The number of allylic oxidation sites excluding steroid dienone is 1. The van der Waals surface area contributed by atoms with E-state index in [1.54, 1.807) is 6.08 Å². The van der Waals surface area contributed by atoms with Gasteiger partial charge in [0.05, 0.1) is 25.4 Å². The fraction of sp³-hybridized carbons (Fsp3) is 0.925. The van der Waals surface area contributed by atoms with E-state index in [1.807, 2.05) is 6.08 Å². The Morgan fingerprint density at radius 1 is 0.695 bits per heavy atom. The van der Waals surface area contributed by atoms with Crippen molar-refractivity contribution in [2.24, 2.45) is 0 Å². The van der Waals surface area contributed by atoms with Crippen molar-refractivity contribution >= 4 is 26.7 Å². The number of rotatable bonds is 37. The Morgan fingerprint density at radius 2 is 1.14 bits per heavy atom. The first-order valence-corrected chi connectivity index (χ1v) is 24.4. The molecular formula is C40H75NNa2O14S2. The van der Waals surface area contributed by atoms with Gasteiger partial charge in [0.15, 0.2) is 6.29 Å². The van der Waals surface area contributed by atoms with Gasteiger partial charge >= 0.3 is 59.1 Å². The maximum absolute atomic E-state index is 13.0.